The summed E-state index contributed by atoms with van der Waals surface area (Å²) in [6.07, 6.45) is -5.20. The molecule has 11 heteroatoms. The number of amides is 1. The number of ether oxygens (including phenoxy) is 6. The maximum absolute atomic E-state index is 12.0. The van der Waals surface area contributed by atoms with Gasteiger partial charge in [-0.25, -0.2) is 4.79 Å². The summed E-state index contributed by atoms with van der Waals surface area (Å²) in [6.45, 7) is 6.90. The Morgan fingerprint density at radius 1 is 0.857 bits per heavy atom. The van der Waals surface area contributed by atoms with E-state index in [0.29, 0.717) is 0 Å². The zero-order chi connectivity index (χ0) is 21.3. The SMILES string of the molecule is CCOC(=O)N[C@@H]1[C@H](OCC)O[C@H](COC(C)=O)[C@H](OC(C)=O)[C@H]1OC(C)=O. The first-order valence-electron chi connectivity index (χ1n) is 8.87. The van der Waals surface area contributed by atoms with Crippen molar-refractivity contribution in [2.45, 2.75) is 65.3 Å². The zero-order valence-electron chi connectivity index (χ0n) is 16.6. The fourth-order valence-electron chi connectivity index (χ4n) is 2.67. The van der Waals surface area contributed by atoms with Crippen LogP contribution in [0.4, 0.5) is 4.79 Å². The van der Waals surface area contributed by atoms with Gasteiger partial charge in [-0.15, -0.1) is 0 Å². The normalized spacial score (nSPS) is 26.7. The second kappa shape index (κ2) is 11.4. The molecule has 1 rings (SSSR count). The van der Waals surface area contributed by atoms with Crippen molar-refractivity contribution in [1.29, 1.82) is 0 Å². The standard InChI is InChI=1S/C17H27NO10/c1-6-23-16-13(18-17(22)24-7-2)15(27-11(5)21)14(26-10(4)20)12(28-16)8-25-9(3)19/h12-16H,6-8H2,1-5H3,(H,18,22)/t12-,13+,14+,15+,16-/m1/s1. The lowest BCUT2D eigenvalue weighted by Crippen LogP contribution is -2.66. The molecule has 0 saturated carbocycles. The minimum atomic E-state index is -1.17. The highest BCUT2D eigenvalue weighted by atomic mass is 16.7. The van der Waals surface area contributed by atoms with Gasteiger partial charge in [-0.3, -0.25) is 14.4 Å². The Labute approximate surface area is 162 Å². The molecular weight excluding hydrogens is 378 g/mol. The molecular formula is C17H27NO10. The zero-order valence-corrected chi connectivity index (χ0v) is 16.6. The Balaban J connectivity index is 3.23. The summed E-state index contributed by atoms with van der Waals surface area (Å²) in [4.78, 5) is 46.4. The fourth-order valence-corrected chi connectivity index (χ4v) is 2.67. The van der Waals surface area contributed by atoms with Crippen LogP contribution in [0.1, 0.15) is 34.6 Å². The van der Waals surface area contributed by atoms with Gasteiger partial charge in [0.2, 0.25) is 0 Å². The number of hydrogen-bond acceptors (Lipinski definition) is 10. The Morgan fingerprint density at radius 2 is 1.46 bits per heavy atom. The molecule has 0 bridgehead atoms. The van der Waals surface area contributed by atoms with Gasteiger partial charge in [0.05, 0.1) is 6.61 Å². The molecule has 0 aromatic rings. The van der Waals surface area contributed by atoms with Crippen molar-refractivity contribution in [3.05, 3.63) is 0 Å². The largest absolute Gasteiger partial charge is 0.463 e. The van der Waals surface area contributed by atoms with Crippen molar-refractivity contribution in [3.63, 3.8) is 0 Å². The lowest BCUT2D eigenvalue weighted by Gasteiger charge is -2.44. The van der Waals surface area contributed by atoms with Gasteiger partial charge in [-0.05, 0) is 13.8 Å². The highest BCUT2D eigenvalue weighted by Gasteiger charge is 2.51. The summed E-state index contributed by atoms with van der Waals surface area (Å²) in [5.41, 5.74) is 0. The van der Waals surface area contributed by atoms with E-state index in [1.165, 1.54) is 13.8 Å². The van der Waals surface area contributed by atoms with E-state index < -0.39 is 54.6 Å². The molecule has 5 atom stereocenters. The summed E-state index contributed by atoms with van der Waals surface area (Å²) >= 11 is 0. The molecule has 0 aliphatic carbocycles. The Kier molecular flexibility index (Phi) is 9.66. The number of hydrogen-bond donors (Lipinski definition) is 1. The summed E-state index contributed by atoms with van der Waals surface area (Å²) in [5.74, 6) is -1.93. The van der Waals surface area contributed by atoms with Crippen LogP contribution in [0.3, 0.4) is 0 Å². The molecule has 1 aliphatic rings. The van der Waals surface area contributed by atoms with Gasteiger partial charge < -0.3 is 33.7 Å². The van der Waals surface area contributed by atoms with Gasteiger partial charge in [-0.1, -0.05) is 0 Å². The van der Waals surface area contributed by atoms with Crippen molar-refractivity contribution < 1.29 is 47.6 Å². The summed E-state index contributed by atoms with van der Waals surface area (Å²) in [7, 11) is 0. The Bertz CT molecular complexity index is 566. The van der Waals surface area contributed by atoms with Crippen LogP contribution in [0.5, 0.6) is 0 Å². The fraction of sp³-hybridized carbons (Fsp3) is 0.765. The van der Waals surface area contributed by atoms with Gasteiger partial charge in [0.25, 0.3) is 0 Å². The molecule has 0 aromatic heterocycles. The molecule has 1 N–H and O–H groups in total. The number of carbonyl (C=O) groups is 4. The molecule has 0 aromatic carbocycles. The molecule has 1 fully saturated rings. The second-order valence-electron chi connectivity index (χ2n) is 5.84. The van der Waals surface area contributed by atoms with Crippen molar-refractivity contribution in [1.82, 2.24) is 5.32 Å². The van der Waals surface area contributed by atoms with Gasteiger partial charge in [-0.2, -0.15) is 0 Å². The van der Waals surface area contributed by atoms with Crippen molar-refractivity contribution in [2.24, 2.45) is 0 Å². The molecule has 0 spiro atoms. The van der Waals surface area contributed by atoms with Crippen molar-refractivity contribution in [2.75, 3.05) is 19.8 Å². The number of esters is 3. The lowest BCUT2D eigenvalue weighted by atomic mass is 9.96. The molecule has 1 aliphatic heterocycles. The van der Waals surface area contributed by atoms with E-state index in [2.05, 4.69) is 5.32 Å². The third kappa shape index (κ3) is 7.31. The molecule has 1 amide bonds. The Morgan fingerprint density at radius 3 is 1.96 bits per heavy atom. The van der Waals surface area contributed by atoms with Gasteiger partial charge in [0.15, 0.2) is 18.5 Å². The highest BCUT2D eigenvalue weighted by Crippen LogP contribution is 2.28. The first-order chi connectivity index (χ1) is 13.2. The topological polar surface area (TPSA) is 136 Å². The second-order valence-corrected chi connectivity index (χ2v) is 5.84. The third-order valence-corrected chi connectivity index (χ3v) is 3.59. The summed E-state index contributed by atoms with van der Waals surface area (Å²) in [5, 5.41) is 2.51. The number of alkyl carbamates (subject to hydrolysis) is 1. The number of carbonyl (C=O) groups excluding carboxylic acids is 4. The minimum absolute atomic E-state index is 0.111. The first kappa shape index (κ1) is 23.6. The van der Waals surface area contributed by atoms with E-state index in [-0.39, 0.29) is 19.8 Å². The molecule has 0 radical (unpaired) electrons. The number of rotatable bonds is 8. The van der Waals surface area contributed by atoms with E-state index >= 15 is 0 Å². The average Bonchev–Trinajstić information content (AvgIpc) is 2.58. The van der Waals surface area contributed by atoms with E-state index in [9.17, 15) is 19.2 Å². The van der Waals surface area contributed by atoms with E-state index in [0.717, 1.165) is 6.92 Å². The average molecular weight is 405 g/mol. The van der Waals surface area contributed by atoms with Crippen LogP contribution in [0.15, 0.2) is 0 Å². The van der Waals surface area contributed by atoms with E-state index in [4.69, 9.17) is 28.4 Å². The first-order valence-corrected chi connectivity index (χ1v) is 8.87. The monoisotopic (exact) mass is 405 g/mol. The van der Waals surface area contributed by atoms with Crippen LogP contribution in [-0.2, 0) is 42.8 Å². The molecule has 28 heavy (non-hydrogen) atoms. The van der Waals surface area contributed by atoms with Gasteiger partial charge in [0.1, 0.15) is 18.8 Å². The maximum atomic E-state index is 12.0. The van der Waals surface area contributed by atoms with Crippen LogP contribution >= 0.6 is 0 Å². The molecule has 0 unspecified atom stereocenters. The van der Waals surface area contributed by atoms with Crippen LogP contribution < -0.4 is 5.32 Å². The quantitative estimate of drug-likeness (QED) is 0.443. The predicted molar refractivity (Wildman–Crippen MR) is 92.0 cm³/mol. The Hall–Kier alpha value is -2.40. The molecule has 11 nitrogen and oxygen atoms in total. The van der Waals surface area contributed by atoms with Crippen LogP contribution in [0.25, 0.3) is 0 Å². The van der Waals surface area contributed by atoms with E-state index in [1.54, 1.807) is 13.8 Å². The van der Waals surface area contributed by atoms with Gasteiger partial charge >= 0.3 is 24.0 Å². The molecule has 1 heterocycles. The highest BCUT2D eigenvalue weighted by molar-refractivity contribution is 5.69. The molecule has 160 valence electrons. The van der Waals surface area contributed by atoms with Crippen molar-refractivity contribution >= 4 is 24.0 Å². The van der Waals surface area contributed by atoms with Crippen LogP contribution in [0, 0.1) is 0 Å². The van der Waals surface area contributed by atoms with Crippen LogP contribution in [-0.4, -0.2) is 74.5 Å². The number of nitrogens with one attached hydrogen (secondary N) is 1. The summed E-state index contributed by atoms with van der Waals surface area (Å²) < 4.78 is 31.7. The van der Waals surface area contributed by atoms with E-state index in [1.807, 2.05) is 0 Å². The minimum Gasteiger partial charge on any atom is -0.463 e. The van der Waals surface area contributed by atoms with Crippen molar-refractivity contribution in [3.8, 4) is 0 Å². The van der Waals surface area contributed by atoms with Gasteiger partial charge in [0, 0.05) is 27.4 Å². The smallest absolute Gasteiger partial charge is 0.407 e. The van der Waals surface area contributed by atoms with Crippen LogP contribution in [0.2, 0.25) is 0 Å². The third-order valence-electron chi connectivity index (χ3n) is 3.59. The summed E-state index contributed by atoms with van der Waals surface area (Å²) in [6, 6.07) is -1.04. The lowest BCUT2D eigenvalue weighted by molar-refractivity contribution is -0.276. The maximum Gasteiger partial charge on any atom is 0.407 e. The molecule has 1 saturated heterocycles. The predicted octanol–water partition coefficient (Wildman–Crippen LogP) is 0.289.